The highest BCUT2D eigenvalue weighted by Gasteiger charge is 2.35. The van der Waals surface area contributed by atoms with Gasteiger partial charge in [-0.05, 0) is 24.3 Å². The van der Waals surface area contributed by atoms with E-state index >= 15 is 0 Å². The summed E-state index contributed by atoms with van der Waals surface area (Å²) in [5.74, 6) is -1.39. The third-order valence-corrected chi connectivity index (χ3v) is 4.80. The summed E-state index contributed by atoms with van der Waals surface area (Å²) < 4.78 is 27.1. The molecule has 24 heavy (non-hydrogen) atoms. The van der Waals surface area contributed by atoms with Gasteiger partial charge in [0.1, 0.15) is 23.6 Å². The molecule has 1 N–H and O–H groups in total. The number of carbonyl (C=O) groups excluding carboxylic acids is 2. The van der Waals surface area contributed by atoms with Gasteiger partial charge in [-0.25, -0.2) is 8.78 Å². The van der Waals surface area contributed by atoms with Gasteiger partial charge in [-0.3, -0.25) is 9.59 Å². The first kappa shape index (κ1) is 16.4. The Labute approximate surface area is 141 Å². The Morgan fingerprint density at radius 1 is 1.21 bits per heavy atom. The van der Waals surface area contributed by atoms with Gasteiger partial charge in [0.2, 0.25) is 11.8 Å². The summed E-state index contributed by atoms with van der Waals surface area (Å²) in [6, 6.07) is 11.7. The van der Waals surface area contributed by atoms with Crippen molar-refractivity contribution in [3.63, 3.8) is 0 Å². The summed E-state index contributed by atoms with van der Waals surface area (Å²) in [7, 11) is 0. The van der Waals surface area contributed by atoms with Crippen molar-refractivity contribution in [1.82, 2.24) is 4.90 Å². The zero-order chi connectivity index (χ0) is 17.1. The molecule has 0 saturated carbocycles. The molecule has 0 aromatic heterocycles. The summed E-state index contributed by atoms with van der Waals surface area (Å²) in [6.07, 6.45) is 0. The van der Waals surface area contributed by atoms with Crippen molar-refractivity contribution in [3.8, 4) is 0 Å². The van der Waals surface area contributed by atoms with Gasteiger partial charge in [0.05, 0.1) is 5.75 Å². The Bertz CT molecular complexity index is 785. The molecule has 2 aromatic rings. The van der Waals surface area contributed by atoms with Crippen LogP contribution in [0.25, 0.3) is 0 Å². The van der Waals surface area contributed by atoms with Crippen molar-refractivity contribution >= 4 is 29.3 Å². The molecule has 1 aliphatic rings. The van der Waals surface area contributed by atoms with Gasteiger partial charge in [0.25, 0.3) is 0 Å². The maximum Gasteiger partial charge on any atom is 0.244 e. The highest BCUT2D eigenvalue weighted by molar-refractivity contribution is 8.00. The van der Waals surface area contributed by atoms with E-state index in [1.165, 1.54) is 40.9 Å². The molecule has 1 saturated heterocycles. The summed E-state index contributed by atoms with van der Waals surface area (Å²) in [5, 5.41) is 2.00. The second kappa shape index (κ2) is 7.00. The van der Waals surface area contributed by atoms with E-state index in [1.807, 2.05) is 0 Å². The molecule has 0 unspecified atom stereocenters. The van der Waals surface area contributed by atoms with Crippen LogP contribution in [-0.4, -0.2) is 29.0 Å². The van der Waals surface area contributed by atoms with Gasteiger partial charge in [0, 0.05) is 11.3 Å². The van der Waals surface area contributed by atoms with Crippen molar-refractivity contribution in [1.29, 1.82) is 0 Å². The van der Waals surface area contributed by atoms with Crippen LogP contribution in [0.4, 0.5) is 14.5 Å². The smallest absolute Gasteiger partial charge is 0.244 e. The molecule has 0 bridgehead atoms. The molecular weight excluding hydrogens is 334 g/mol. The molecule has 1 heterocycles. The predicted octanol–water partition coefficient (Wildman–Crippen LogP) is 3.18. The second-order valence-electron chi connectivity index (χ2n) is 5.27. The van der Waals surface area contributed by atoms with Crippen LogP contribution >= 0.6 is 11.8 Å². The molecule has 7 heteroatoms. The number of nitrogens with one attached hydrogen (secondary N) is 1. The van der Waals surface area contributed by atoms with Crippen molar-refractivity contribution in [2.75, 3.05) is 17.6 Å². The zero-order valence-electron chi connectivity index (χ0n) is 12.5. The zero-order valence-corrected chi connectivity index (χ0v) is 13.4. The lowest BCUT2D eigenvalue weighted by molar-refractivity contribution is -0.132. The first-order chi connectivity index (χ1) is 11.5. The minimum atomic E-state index is -0.544. The van der Waals surface area contributed by atoms with E-state index in [4.69, 9.17) is 0 Å². The van der Waals surface area contributed by atoms with E-state index in [-0.39, 0.29) is 18.2 Å². The average molecular weight is 348 g/mol. The number of anilines is 1. The lowest BCUT2D eigenvalue weighted by Gasteiger charge is -2.24. The molecule has 2 amide bonds. The highest BCUT2D eigenvalue weighted by atomic mass is 32.2. The molecule has 4 nitrogen and oxygen atoms in total. The SMILES string of the molecule is O=C(CN1C(=O)CS[C@H]1c1ccccc1F)Nc1cccc(F)c1. The van der Waals surface area contributed by atoms with Crippen LogP contribution < -0.4 is 5.32 Å². The molecular formula is C17H14F2N2O2S. The van der Waals surface area contributed by atoms with Crippen LogP contribution in [0.15, 0.2) is 48.5 Å². The van der Waals surface area contributed by atoms with Crippen LogP contribution in [0.5, 0.6) is 0 Å². The topological polar surface area (TPSA) is 49.4 Å². The minimum Gasteiger partial charge on any atom is -0.324 e. The van der Waals surface area contributed by atoms with Crippen molar-refractivity contribution in [2.24, 2.45) is 0 Å². The number of rotatable bonds is 4. The molecule has 124 valence electrons. The quantitative estimate of drug-likeness (QED) is 0.923. The molecule has 1 fully saturated rings. The van der Waals surface area contributed by atoms with Gasteiger partial charge < -0.3 is 10.2 Å². The third-order valence-electron chi connectivity index (χ3n) is 3.56. The molecule has 2 aromatic carbocycles. The Hall–Kier alpha value is -2.41. The van der Waals surface area contributed by atoms with Crippen LogP contribution in [0, 0.1) is 11.6 Å². The third kappa shape index (κ3) is 3.56. The number of carbonyl (C=O) groups is 2. The number of nitrogens with zero attached hydrogens (tertiary/aromatic N) is 1. The Balaban J connectivity index is 1.73. The van der Waals surface area contributed by atoms with Gasteiger partial charge >= 0.3 is 0 Å². The van der Waals surface area contributed by atoms with Gasteiger partial charge in [-0.1, -0.05) is 24.3 Å². The first-order valence-electron chi connectivity index (χ1n) is 7.25. The predicted molar refractivity (Wildman–Crippen MR) is 88.3 cm³/mol. The van der Waals surface area contributed by atoms with Crippen molar-refractivity contribution < 1.29 is 18.4 Å². The normalized spacial score (nSPS) is 17.2. The lowest BCUT2D eigenvalue weighted by atomic mass is 10.2. The van der Waals surface area contributed by atoms with E-state index in [1.54, 1.807) is 24.3 Å². The maximum absolute atomic E-state index is 14.0. The Kier molecular flexibility index (Phi) is 4.80. The highest BCUT2D eigenvalue weighted by Crippen LogP contribution is 2.39. The van der Waals surface area contributed by atoms with E-state index in [0.29, 0.717) is 11.3 Å². The molecule has 0 spiro atoms. The molecule has 1 aliphatic heterocycles. The number of hydrogen-bond donors (Lipinski definition) is 1. The maximum atomic E-state index is 14.0. The van der Waals surface area contributed by atoms with Crippen LogP contribution in [0.1, 0.15) is 10.9 Å². The summed E-state index contributed by atoms with van der Waals surface area (Å²) >= 11 is 1.27. The van der Waals surface area contributed by atoms with E-state index < -0.39 is 22.9 Å². The number of halogens is 2. The molecule has 1 atom stereocenters. The van der Waals surface area contributed by atoms with Crippen molar-refractivity contribution in [2.45, 2.75) is 5.37 Å². The van der Waals surface area contributed by atoms with Gasteiger partial charge in [-0.2, -0.15) is 0 Å². The molecule has 3 rings (SSSR count). The summed E-state index contributed by atoms with van der Waals surface area (Å²) in [6.45, 7) is -0.221. The van der Waals surface area contributed by atoms with Gasteiger partial charge in [-0.15, -0.1) is 11.8 Å². The van der Waals surface area contributed by atoms with Gasteiger partial charge in [0.15, 0.2) is 0 Å². The standard InChI is InChI=1S/C17H14F2N2O2S/c18-11-4-3-5-12(8-11)20-15(22)9-21-16(23)10-24-17(21)13-6-1-2-7-14(13)19/h1-8,17H,9-10H2,(H,20,22)/t17-/m0/s1. The molecule has 0 aliphatic carbocycles. The number of hydrogen-bond acceptors (Lipinski definition) is 3. The minimum absolute atomic E-state index is 0.187. The fourth-order valence-electron chi connectivity index (χ4n) is 2.48. The number of benzene rings is 2. The van der Waals surface area contributed by atoms with E-state index in [2.05, 4.69) is 5.32 Å². The molecule has 0 radical (unpaired) electrons. The van der Waals surface area contributed by atoms with Crippen molar-refractivity contribution in [3.05, 3.63) is 65.7 Å². The monoisotopic (exact) mass is 348 g/mol. The summed E-state index contributed by atoms with van der Waals surface area (Å²) in [4.78, 5) is 25.5. The fourth-order valence-corrected chi connectivity index (χ4v) is 3.69. The first-order valence-corrected chi connectivity index (χ1v) is 8.30. The van der Waals surface area contributed by atoms with Crippen LogP contribution in [-0.2, 0) is 9.59 Å². The number of amides is 2. The average Bonchev–Trinajstić information content (AvgIpc) is 2.89. The Morgan fingerprint density at radius 3 is 2.75 bits per heavy atom. The van der Waals surface area contributed by atoms with Crippen LogP contribution in [0.2, 0.25) is 0 Å². The summed E-state index contributed by atoms with van der Waals surface area (Å²) in [5.41, 5.74) is 0.675. The fraction of sp³-hybridized carbons (Fsp3) is 0.176. The van der Waals surface area contributed by atoms with Crippen LogP contribution in [0.3, 0.4) is 0 Å². The van der Waals surface area contributed by atoms with E-state index in [0.717, 1.165) is 0 Å². The number of thioether (sulfide) groups is 1. The van der Waals surface area contributed by atoms with E-state index in [9.17, 15) is 18.4 Å². The Morgan fingerprint density at radius 2 is 2.00 bits per heavy atom. The largest absolute Gasteiger partial charge is 0.324 e. The lowest BCUT2D eigenvalue weighted by Crippen LogP contribution is -2.36. The second-order valence-corrected chi connectivity index (χ2v) is 6.33.